The van der Waals surface area contributed by atoms with Gasteiger partial charge in [0.2, 0.25) is 17.7 Å². The number of amides is 1. The monoisotopic (exact) mass is 690 g/mol. The Morgan fingerprint density at radius 1 is 0.900 bits per heavy atom. The predicted molar refractivity (Wildman–Crippen MR) is 180 cm³/mol. The summed E-state index contributed by atoms with van der Waals surface area (Å²) in [6.07, 6.45) is -0.930. The van der Waals surface area contributed by atoms with Crippen LogP contribution in [-0.2, 0) is 17.8 Å². The van der Waals surface area contributed by atoms with Crippen molar-refractivity contribution in [1.82, 2.24) is 29.7 Å². The molecule has 2 unspecified atom stereocenters. The van der Waals surface area contributed by atoms with Crippen LogP contribution in [0.3, 0.4) is 0 Å². The maximum Gasteiger partial charge on any atom is 0.422 e. The van der Waals surface area contributed by atoms with E-state index in [0.29, 0.717) is 38.3 Å². The molecular formula is C37H41F3N6O4. The summed E-state index contributed by atoms with van der Waals surface area (Å²) < 4.78 is 56.4. The first-order valence-electron chi connectivity index (χ1n) is 16.7. The van der Waals surface area contributed by atoms with Crippen LogP contribution in [0.4, 0.5) is 13.2 Å². The number of benzene rings is 2. The summed E-state index contributed by atoms with van der Waals surface area (Å²) in [5.41, 5.74) is 3.44. The normalized spacial score (nSPS) is 18.5. The van der Waals surface area contributed by atoms with E-state index < -0.39 is 12.8 Å². The lowest BCUT2D eigenvalue weighted by molar-refractivity contribution is -0.154. The molecule has 0 aliphatic carbocycles. The Labute approximate surface area is 289 Å². The highest BCUT2D eigenvalue weighted by molar-refractivity contribution is 5.78. The third-order valence-corrected chi connectivity index (χ3v) is 9.13. The van der Waals surface area contributed by atoms with Crippen LogP contribution in [0.1, 0.15) is 35.1 Å². The van der Waals surface area contributed by atoms with Crippen molar-refractivity contribution in [2.24, 2.45) is 0 Å². The maximum atomic E-state index is 13.6. The molecule has 0 bridgehead atoms. The number of alkyl halides is 3. The van der Waals surface area contributed by atoms with E-state index in [2.05, 4.69) is 49.0 Å². The maximum absolute atomic E-state index is 13.6. The number of aromatic nitrogens is 3. The van der Waals surface area contributed by atoms with Gasteiger partial charge in [-0.15, -0.1) is 0 Å². The third kappa shape index (κ3) is 8.51. The summed E-state index contributed by atoms with van der Waals surface area (Å²) in [5, 5.41) is 0. The third-order valence-electron chi connectivity index (χ3n) is 9.13. The first kappa shape index (κ1) is 35.1. The molecule has 2 aliphatic rings. The van der Waals surface area contributed by atoms with E-state index in [1.165, 1.54) is 7.11 Å². The molecular weight excluding hydrogens is 649 g/mol. The van der Waals surface area contributed by atoms with Crippen molar-refractivity contribution >= 4 is 5.91 Å². The molecule has 10 nitrogen and oxygen atoms in total. The second kappa shape index (κ2) is 15.9. The molecule has 0 radical (unpaired) electrons. The minimum atomic E-state index is -4.58. The molecule has 0 saturated carbocycles. The van der Waals surface area contributed by atoms with Gasteiger partial charge in [-0.25, -0.2) is 0 Å². The average Bonchev–Trinajstić information content (AvgIpc) is 3.12. The molecule has 2 fully saturated rings. The molecule has 2 aromatic carbocycles. The van der Waals surface area contributed by atoms with E-state index in [-0.39, 0.29) is 61.3 Å². The summed E-state index contributed by atoms with van der Waals surface area (Å²) in [6.45, 7) is 3.44. The van der Waals surface area contributed by atoms with Gasteiger partial charge in [0.1, 0.15) is 0 Å². The van der Waals surface area contributed by atoms with Crippen LogP contribution in [0.15, 0.2) is 85.2 Å². The zero-order chi connectivity index (χ0) is 35.1. The minimum Gasteiger partial charge on any atom is -0.481 e. The van der Waals surface area contributed by atoms with Gasteiger partial charge in [0.25, 0.3) is 0 Å². The smallest absolute Gasteiger partial charge is 0.422 e. The molecule has 2 aliphatic heterocycles. The van der Waals surface area contributed by atoms with E-state index in [1.54, 1.807) is 19.3 Å². The molecule has 0 spiro atoms. The molecule has 264 valence electrons. The van der Waals surface area contributed by atoms with Crippen LogP contribution in [0.5, 0.6) is 17.8 Å². The average molecular weight is 691 g/mol. The molecule has 50 heavy (non-hydrogen) atoms. The lowest BCUT2D eigenvalue weighted by Gasteiger charge is -2.53. The van der Waals surface area contributed by atoms with Gasteiger partial charge < -0.3 is 19.1 Å². The number of methoxy groups -OCH3 is 1. The van der Waals surface area contributed by atoms with Crippen molar-refractivity contribution in [2.45, 2.75) is 44.1 Å². The fourth-order valence-corrected chi connectivity index (χ4v) is 7.03. The highest BCUT2D eigenvalue weighted by Crippen LogP contribution is 2.38. The molecule has 4 aromatic rings. The second-order valence-electron chi connectivity index (χ2n) is 12.5. The van der Waals surface area contributed by atoms with Crippen LogP contribution in [-0.4, -0.2) is 107 Å². The van der Waals surface area contributed by atoms with Crippen molar-refractivity contribution in [2.75, 3.05) is 53.0 Å². The van der Waals surface area contributed by atoms with Crippen LogP contribution in [0.25, 0.3) is 0 Å². The first-order valence-corrected chi connectivity index (χ1v) is 16.7. The highest BCUT2D eigenvalue weighted by atomic mass is 19.4. The lowest BCUT2D eigenvalue weighted by atomic mass is 9.81. The summed E-state index contributed by atoms with van der Waals surface area (Å²) >= 11 is 0. The van der Waals surface area contributed by atoms with Gasteiger partial charge in [0, 0.05) is 69.7 Å². The number of pyridine rings is 1. The quantitative estimate of drug-likeness (QED) is 0.204. The van der Waals surface area contributed by atoms with Crippen molar-refractivity contribution < 1.29 is 32.2 Å². The van der Waals surface area contributed by atoms with Crippen molar-refractivity contribution in [3.8, 4) is 17.8 Å². The van der Waals surface area contributed by atoms with Crippen LogP contribution in [0, 0.1) is 0 Å². The number of hydrogen-bond donors (Lipinski definition) is 0. The van der Waals surface area contributed by atoms with Crippen LogP contribution >= 0.6 is 0 Å². The fraction of sp³-hybridized carbons (Fsp3) is 0.405. The SMILES string of the molecule is CCOc1nc(OC)c(CN2CC3CN(C(=O)Cc4cccnc4)CCN3C(C(c3ccccc3)c3ccccc3)C2)c(OCC(F)(F)F)n1. The van der Waals surface area contributed by atoms with Gasteiger partial charge in [0.05, 0.1) is 25.7 Å². The van der Waals surface area contributed by atoms with E-state index in [4.69, 9.17) is 14.2 Å². The van der Waals surface area contributed by atoms with Gasteiger partial charge in [0.15, 0.2) is 6.61 Å². The van der Waals surface area contributed by atoms with Crippen LogP contribution in [0.2, 0.25) is 0 Å². The van der Waals surface area contributed by atoms with Gasteiger partial charge in [-0.1, -0.05) is 66.7 Å². The second-order valence-corrected chi connectivity index (χ2v) is 12.5. The number of carbonyl (C=O) groups excluding carboxylic acids is 1. The lowest BCUT2D eigenvalue weighted by Crippen LogP contribution is -2.67. The van der Waals surface area contributed by atoms with Crippen LogP contribution < -0.4 is 14.2 Å². The molecule has 13 heteroatoms. The van der Waals surface area contributed by atoms with Gasteiger partial charge in [-0.3, -0.25) is 19.6 Å². The highest BCUT2D eigenvalue weighted by Gasteiger charge is 2.43. The number of piperazine rings is 2. The number of hydrogen-bond acceptors (Lipinski definition) is 9. The first-order chi connectivity index (χ1) is 24.2. The van der Waals surface area contributed by atoms with E-state index in [9.17, 15) is 18.0 Å². The minimum absolute atomic E-state index is 0.0263. The summed E-state index contributed by atoms with van der Waals surface area (Å²) in [5.74, 6) is -0.159. The molecule has 1 amide bonds. The molecule has 2 atom stereocenters. The number of nitrogens with zero attached hydrogens (tertiary/aromatic N) is 6. The Balaban J connectivity index is 1.36. The molecule has 4 heterocycles. The van der Waals surface area contributed by atoms with E-state index in [1.807, 2.05) is 53.4 Å². The van der Waals surface area contributed by atoms with Crippen molar-refractivity contribution in [1.29, 1.82) is 0 Å². The molecule has 2 aromatic heterocycles. The van der Waals surface area contributed by atoms with Gasteiger partial charge >= 0.3 is 12.2 Å². The zero-order valence-electron chi connectivity index (χ0n) is 28.1. The Bertz CT molecular complexity index is 1660. The molecule has 2 saturated heterocycles. The Morgan fingerprint density at radius 2 is 1.60 bits per heavy atom. The zero-order valence-corrected chi connectivity index (χ0v) is 28.1. The molecule has 6 rings (SSSR count). The number of ether oxygens (including phenoxy) is 3. The fourth-order valence-electron chi connectivity index (χ4n) is 7.03. The predicted octanol–water partition coefficient (Wildman–Crippen LogP) is 4.99. The Morgan fingerprint density at radius 3 is 2.22 bits per heavy atom. The van der Waals surface area contributed by atoms with Gasteiger partial charge in [-0.2, -0.15) is 23.1 Å². The molecule has 0 N–H and O–H groups in total. The summed E-state index contributed by atoms with van der Waals surface area (Å²) in [7, 11) is 1.41. The summed E-state index contributed by atoms with van der Waals surface area (Å²) in [6, 6.07) is 24.1. The number of halogens is 3. The Hall–Kier alpha value is -4.75. The largest absolute Gasteiger partial charge is 0.481 e. The Kier molecular flexibility index (Phi) is 11.1. The van der Waals surface area contributed by atoms with Gasteiger partial charge in [-0.05, 0) is 29.7 Å². The van der Waals surface area contributed by atoms with Crippen molar-refractivity contribution in [3.05, 3.63) is 107 Å². The summed E-state index contributed by atoms with van der Waals surface area (Å²) in [4.78, 5) is 32.9. The van der Waals surface area contributed by atoms with Crippen molar-refractivity contribution in [3.63, 3.8) is 0 Å². The standard InChI is InChI=1S/C37H41F3N6O4/c1-3-49-36-42-34(48-2)30(35(43-36)50-25-37(38,39)40)23-44-21-29-22-45(32(47)19-26-11-10-16-41-20-26)17-18-46(29)31(24-44)33(27-12-6-4-7-13-27)28-14-8-5-9-15-28/h4-16,20,29,31,33H,3,17-19,21-25H2,1-2H3. The number of rotatable bonds is 12. The number of fused-ring (bicyclic) bond motifs is 1. The topological polar surface area (TPSA) is 93.2 Å². The number of carbonyl (C=O) groups is 1. The van der Waals surface area contributed by atoms with E-state index >= 15 is 0 Å². The van der Waals surface area contributed by atoms with E-state index in [0.717, 1.165) is 16.7 Å².